The third kappa shape index (κ3) is 6.50. The minimum absolute atomic E-state index is 0. The Morgan fingerprint density at radius 3 is 2.83 bits per heavy atom. The first-order valence-electron chi connectivity index (χ1n) is 5.12. The Kier molecular flexibility index (Phi) is 8.21. The third-order valence-electron chi connectivity index (χ3n) is 1.89. The molecule has 0 aliphatic heterocycles. The minimum Gasteiger partial charge on any atom is -1.00 e. The normalized spacial score (nSPS) is 9.39. The van der Waals surface area contributed by atoms with Gasteiger partial charge in [-0.25, -0.2) is 9.36 Å². The Bertz CT molecular complexity index is 412. The quantitative estimate of drug-likeness (QED) is 0.138. The van der Waals surface area contributed by atoms with E-state index in [-0.39, 0.29) is 49.6 Å². The zero-order chi connectivity index (χ0) is 12.7. The molecule has 1 rings (SSSR count). The van der Waals surface area contributed by atoms with Crippen LogP contribution in [0.1, 0.15) is 10.4 Å². The predicted molar refractivity (Wildman–Crippen MR) is 60.6 cm³/mol. The van der Waals surface area contributed by atoms with Crippen LogP contribution in [0.2, 0.25) is 0 Å². The van der Waals surface area contributed by atoms with Crippen molar-refractivity contribution in [1.82, 2.24) is 0 Å². The molecule has 0 saturated heterocycles. The number of nitrogens with one attached hydrogen (secondary N) is 1. The van der Waals surface area contributed by atoms with Gasteiger partial charge in [0.15, 0.2) is 12.4 Å². The standard InChI is InChI=1S/C11H16N3O3.HI/c1-14-4-2-3-9(7-14)11(15)17-6-5-16-8-10(12)13;/h2-4,7H,5-6,8H2,1H3,(H3,12,13);1H/q+1;/p-1. The summed E-state index contributed by atoms with van der Waals surface area (Å²) in [6, 6.07) is 3.45. The largest absolute Gasteiger partial charge is 1.00 e. The number of ether oxygens (including phenoxy) is 2. The number of rotatable bonds is 6. The molecule has 1 aromatic rings. The van der Waals surface area contributed by atoms with Crippen molar-refractivity contribution >= 4 is 11.8 Å². The molecule has 0 aliphatic carbocycles. The van der Waals surface area contributed by atoms with Crippen LogP contribution in [0.3, 0.4) is 0 Å². The Labute approximate surface area is 123 Å². The fourth-order valence-corrected chi connectivity index (χ4v) is 1.17. The summed E-state index contributed by atoms with van der Waals surface area (Å²) in [7, 11) is 1.83. The maximum atomic E-state index is 11.5. The molecular weight excluding hydrogens is 349 g/mol. The van der Waals surface area contributed by atoms with Gasteiger partial charge < -0.3 is 39.2 Å². The number of aryl methyl sites for hydroxylation is 1. The highest BCUT2D eigenvalue weighted by atomic mass is 127. The molecule has 18 heavy (non-hydrogen) atoms. The van der Waals surface area contributed by atoms with Gasteiger partial charge in [0.25, 0.3) is 0 Å². The molecular formula is C11H16IN3O3. The molecule has 100 valence electrons. The highest BCUT2D eigenvalue weighted by Crippen LogP contribution is 1.97. The first-order valence-corrected chi connectivity index (χ1v) is 5.12. The summed E-state index contributed by atoms with van der Waals surface area (Å²) in [6.07, 6.45) is 3.51. The number of hydrogen-bond donors (Lipinski definition) is 2. The van der Waals surface area contributed by atoms with Crippen LogP contribution in [0.15, 0.2) is 24.5 Å². The molecule has 0 fully saturated rings. The van der Waals surface area contributed by atoms with Gasteiger partial charge in [0.2, 0.25) is 0 Å². The van der Waals surface area contributed by atoms with Gasteiger partial charge in [0.05, 0.1) is 6.61 Å². The lowest BCUT2D eigenvalue weighted by Gasteiger charge is -2.04. The van der Waals surface area contributed by atoms with Gasteiger partial charge in [-0.1, -0.05) is 0 Å². The topological polar surface area (TPSA) is 89.3 Å². The molecule has 0 saturated carbocycles. The van der Waals surface area contributed by atoms with Crippen LogP contribution in [0.5, 0.6) is 0 Å². The molecule has 0 radical (unpaired) electrons. The Morgan fingerprint density at radius 1 is 1.50 bits per heavy atom. The van der Waals surface area contributed by atoms with Crippen LogP contribution in [0, 0.1) is 5.41 Å². The second-order valence-electron chi connectivity index (χ2n) is 3.47. The first-order chi connectivity index (χ1) is 8.09. The second kappa shape index (κ2) is 8.81. The summed E-state index contributed by atoms with van der Waals surface area (Å²) in [5.74, 6) is -0.445. The first kappa shape index (κ1) is 16.8. The van der Waals surface area contributed by atoms with Gasteiger partial charge in [0, 0.05) is 6.07 Å². The van der Waals surface area contributed by atoms with E-state index in [4.69, 9.17) is 20.6 Å². The van der Waals surface area contributed by atoms with Crippen molar-refractivity contribution in [2.45, 2.75) is 0 Å². The van der Waals surface area contributed by atoms with E-state index in [1.165, 1.54) is 0 Å². The number of aromatic nitrogens is 1. The molecule has 1 aromatic heterocycles. The molecule has 7 heteroatoms. The molecule has 0 aromatic carbocycles. The van der Waals surface area contributed by atoms with E-state index in [0.29, 0.717) is 5.56 Å². The number of carbonyl (C=O) groups is 1. The summed E-state index contributed by atoms with van der Waals surface area (Å²) in [4.78, 5) is 11.5. The number of carbonyl (C=O) groups excluding carboxylic acids is 1. The van der Waals surface area contributed by atoms with Crippen LogP contribution >= 0.6 is 0 Å². The lowest BCUT2D eigenvalue weighted by molar-refractivity contribution is -0.671. The summed E-state index contributed by atoms with van der Waals surface area (Å²) < 4.78 is 11.7. The molecule has 1 heterocycles. The van der Waals surface area contributed by atoms with Crippen molar-refractivity contribution in [2.75, 3.05) is 19.8 Å². The van der Waals surface area contributed by atoms with Gasteiger partial charge >= 0.3 is 5.97 Å². The Morgan fingerprint density at radius 2 is 2.22 bits per heavy atom. The number of amidine groups is 1. The lowest BCUT2D eigenvalue weighted by Crippen LogP contribution is -3.00. The molecule has 0 aliphatic rings. The van der Waals surface area contributed by atoms with Crippen LogP contribution in [0.4, 0.5) is 0 Å². The maximum Gasteiger partial charge on any atom is 0.344 e. The van der Waals surface area contributed by atoms with Gasteiger partial charge in [-0.05, 0) is 6.07 Å². The van der Waals surface area contributed by atoms with Crippen molar-refractivity contribution in [3.63, 3.8) is 0 Å². The van der Waals surface area contributed by atoms with Crippen molar-refractivity contribution in [1.29, 1.82) is 5.41 Å². The van der Waals surface area contributed by atoms with Crippen LogP contribution < -0.4 is 34.3 Å². The van der Waals surface area contributed by atoms with Gasteiger partial charge in [0.1, 0.15) is 31.7 Å². The zero-order valence-corrected chi connectivity index (χ0v) is 12.2. The average molecular weight is 365 g/mol. The lowest BCUT2D eigenvalue weighted by atomic mass is 10.3. The number of halogens is 1. The van der Waals surface area contributed by atoms with Gasteiger partial charge in [-0.3, -0.25) is 5.41 Å². The molecule has 0 unspecified atom stereocenters. The van der Waals surface area contributed by atoms with E-state index < -0.39 is 5.97 Å². The van der Waals surface area contributed by atoms with E-state index in [0.717, 1.165) is 0 Å². The Balaban J connectivity index is 0.00000289. The number of nitrogens with two attached hydrogens (primary N) is 1. The van der Waals surface area contributed by atoms with Crippen molar-refractivity contribution in [2.24, 2.45) is 12.8 Å². The number of pyridine rings is 1. The van der Waals surface area contributed by atoms with Crippen molar-refractivity contribution in [3.8, 4) is 0 Å². The summed E-state index contributed by atoms with van der Waals surface area (Å²) in [6.45, 7) is 0.423. The van der Waals surface area contributed by atoms with Gasteiger partial charge in [-0.15, -0.1) is 0 Å². The fraction of sp³-hybridized carbons (Fsp3) is 0.364. The van der Waals surface area contributed by atoms with Crippen molar-refractivity contribution in [3.05, 3.63) is 30.1 Å². The number of esters is 1. The monoisotopic (exact) mass is 365 g/mol. The molecule has 0 bridgehead atoms. The van der Waals surface area contributed by atoms with E-state index in [2.05, 4.69) is 0 Å². The second-order valence-corrected chi connectivity index (χ2v) is 3.47. The van der Waals surface area contributed by atoms with E-state index in [9.17, 15) is 4.79 Å². The SMILES string of the molecule is C[n+]1cccc(C(=O)OCCOCC(=N)N)c1.[I-]. The molecule has 3 N–H and O–H groups in total. The predicted octanol–water partition coefficient (Wildman–Crippen LogP) is -3.38. The molecule has 0 amide bonds. The Hall–Kier alpha value is -1.22. The zero-order valence-electron chi connectivity index (χ0n) is 10.1. The fourth-order valence-electron chi connectivity index (χ4n) is 1.17. The molecule has 6 nitrogen and oxygen atoms in total. The van der Waals surface area contributed by atoms with E-state index >= 15 is 0 Å². The summed E-state index contributed by atoms with van der Waals surface area (Å²) in [5, 5.41) is 6.91. The maximum absolute atomic E-state index is 11.5. The third-order valence-corrected chi connectivity index (χ3v) is 1.89. The molecule has 0 atom stereocenters. The van der Waals surface area contributed by atoms with E-state index in [1.807, 2.05) is 13.2 Å². The summed E-state index contributed by atoms with van der Waals surface area (Å²) >= 11 is 0. The smallest absolute Gasteiger partial charge is 0.344 e. The van der Waals surface area contributed by atoms with Crippen LogP contribution in [-0.4, -0.2) is 31.6 Å². The minimum atomic E-state index is -0.396. The number of nitrogens with zero attached hydrogens (tertiary/aromatic N) is 1. The van der Waals surface area contributed by atoms with Crippen LogP contribution in [-0.2, 0) is 16.5 Å². The van der Waals surface area contributed by atoms with E-state index in [1.54, 1.807) is 22.9 Å². The van der Waals surface area contributed by atoms with Crippen molar-refractivity contribution < 1.29 is 42.8 Å². The highest BCUT2D eigenvalue weighted by Gasteiger charge is 2.09. The number of hydrogen-bond acceptors (Lipinski definition) is 4. The summed E-state index contributed by atoms with van der Waals surface area (Å²) in [5.41, 5.74) is 5.58. The molecule has 0 spiro atoms. The highest BCUT2D eigenvalue weighted by molar-refractivity contribution is 5.88. The average Bonchev–Trinajstić information content (AvgIpc) is 2.28. The van der Waals surface area contributed by atoms with Gasteiger partial charge in [-0.2, -0.15) is 0 Å². The van der Waals surface area contributed by atoms with Crippen LogP contribution in [0.25, 0.3) is 0 Å².